The molecule has 270 valence electrons. The zero-order chi connectivity index (χ0) is 35.6. The smallest absolute Gasteiger partial charge is 0.323 e. The van der Waals surface area contributed by atoms with Gasteiger partial charge in [0.2, 0.25) is 5.91 Å². The van der Waals surface area contributed by atoms with Crippen LogP contribution in [-0.2, 0) is 9.53 Å². The van der Waals surface area contributed by atoms with Crippen LogP contribution >= 0.6 is 0 Å². The van der Waals surface area contributed by atoms with Gasteiger partial charge in [-0.3, -0.25) is 9.59 Å². The van der Waals surface area contributed by atoms with Crippen molar-refractivity contribution in [3.63, 3.8) is 0 Å². The fourth-order valence-electron chi connectivity index (χ4n) is 7.10. The third-order valence-corrected chi connectivity index (χ3v) is 10.1. The number of carbonyl (C=O) groups is 3. The minimum atomic E-state index is -0.503. The molecule has 1 saturated carbocycles. The fourth-order valence-corrected chi connectivity index (χ4v) is 7.10. The summed E-state index contributed by atoms with van der Waals surface area (Å²) in [6.45, 7) is 6.87. The van der Waals surface area contributed by atoms with E-state index in [4.69, 9.17) is 9.47 Å². The number of nitrogens with zero attached hydrogens (tertiary/aromatic N) is 2. The number of hydrogen-bond donors (Lipinski definition) is 3. The number of amides is 4. The molecule has 0 radical (unpaired) electrons. The maximum absolute atomic E-state index is 14.5. The van der Waals surface area contributed by atoms with Crippen LogP contribution in [0.15, 0.2) is 60.7 Å². The minimum absolute atomic E-state index is 0.0602. The summed E-state index contributed by atoms with van der Waals surface area (Å²) in [6, 6.07) is 17.7. The topological polar surface area (TPSA) is 120 Å². The molecule has 0 spiro atoms. The molecular formula is C40H54N4O6. The molecule has 1 aliphatic carbocycles. The standard InChI is InChI=1S/C40H54N4O6/c1-27-24-44(28(2)26-45)39(47)34-23-32(41-40(48)42-35-19-12-17-30-14-8-9-18-33(30)35)20-21-36(34)50-29(3)13-10-11-22-49-37(27)25-43(4)38(46)31-15-6-5-7-16-31/h8-9,12,14,17-21,23,27-29,31,37,45H,5-7,10-11,13,15-16,22,24-26H2,1-4H3,(H2,41,42,48)/t27-,28+,29-,37-/m1/s1. The number of aliphatic hydroxyl groups excluding tert-OH is 1. The molecule has 10 nitrogen and oxygen atoms in total. The number of benzene rings is 3. The summed E-state index contributed by atoms with van der Waals surface area (Å²) in [5.74, 6) is 0.189. The van der Waals surface area contributed by atoms with Gasteiger partial charge in [-0.25, -0.2) is 4.79 Å². The largest absolute Gasteiger partial charge is 0.490 e. The predicted molar refractivity (Wildman–Crippen MR) is 198 cm³/mol. The maximum Gasteiger partial charge on any atom is 0.323 e. The lowest BCUT2D eigenvalue weighted by Gasteiger charge is -2.36. The van der Waals surface area contributed by atoms with Crippen molar-refractivity contribution in [2.45, 2.75) is 90.4 Å². The first kappa shape index (κ1) is 37.1. The summed E-state index contributed by atoms with van der Waals surface area (Å²) in [5.41, 5.74) is 1.40. The molecule has 0 aromatic heterocycles. The highest BCUT2D eigenvalue weighted by atomic mass is 16.5. The molecule has 0 bridgehead atoms. The Morgan fingerprint density at radius 3 is 2.48 bits per heavy atom. The van der Waals surface area contributed by atoms with Crippen LogP contribution in [0.3, 0.4) is 0 Å². The van der Waals surface area contributed by atoms with Crippen molar-refractivity contribution in [2.24, 2.45) is 11.8 Å². The summed E-state index contributed by atoms with van der Waals surface area (Å²) < 4.78 is 12.8. The van der Waals surface area contributed by atoms with Crippen LogP contribution in [0.5, 0.6) is 5.75 Å². The number of fused-ring (bicyclic) bond motifs is 2. The van der Waals surface area contributed by atoms with Gasteiger partial charge in [0.1, 0.15) is 5.75 Å². The molecule has 2 aliphatic rings. The highest BCUT2D eigenvalue weighted by Crippen LogP contribution is 2.30. The van der Waals surface area contributed by atoms with Crippen LogP contribution in [0.2, 0.25) is 0 Å². The highest BCUT2D eigenvalue weighted by molar-refractivity contribution is 6.07. The molecule has 5 rings (SSSR count). The monoisotopic (exact) mass is 686 g/mol. The predicted octanol–water partition coefficient (Wildman–Crippen LogP) is 7.32. The Hall–Kier alpha value is -4.15. The maximum atomic E-state index is 14.5. The lowest BCUT2D eigenvalue weighted by molar-refractivity contribution is -0.137. The van der Waals surface area contributed by atoms with Crippen LogP contribution in [0.1, 0.15) is 82.5 Å². The average Bonchev–Trinajstić information content (AvgIpc) is 3.12. The number of ether oxygens (including phenoxy) is 2. The average molecular weight is 687 g/mol. The van der Waals surface area contributed by atoms with Gasteiger partial charge in [0.15, 0.2) is 0 Å². The van der Waals surface area contributed by atoms with Crippen molar-refractivity contribution in [1.29, 1.82) is 0 Å². The Morgan fingerprint density at radius 2 is 1.70 bits per heavy atom. The summed E-state index contributed by atoms with van der Waals surface area (Å²) in [6.07, 6.45) is 7.25. The Bertz CT molecular complexity index is 1600. The molecule has 1 fully saturated rings. The Morgan fingerprint density at radius 1 is 0.960 bits per heavy atom. The van der Waals surface area contributed by atoms with E-state index < -0.39 is 12.1 Å². The van der Waals surface area contributed by atoms with Gasteiger partial charge in [-0.05, 0) is 75.6 Å². The molecule has 3 N–H and O–H groups in total. The van der Waals surface area contributed by atoms with Crippen molar-refractivity contribution < 1.29 is 29.0 Å². The molecule has 1 aliphatic heterocycles. The Labute approximate surface area is 296 Å². The Kier molecular flexibility index (Phi) is 13.1. The number of anilines is 2. The summed E-state index contributed by atoms with van der Waals surface area (Å²) in [5, 5.41) is 18.1. The first-order valence-electron chi connectivity index (χ1n) is 18.3. The van der Waals surface area contributed by atoms with Crippen molar-refractivity contribution in [2.75, 3.05) is 44.0 Å². The number of hydrogen-bond acceptors (Lipinski definition) is 6. The molecule has 0 unspecified atom stereocenters. The van der Waals surface area contributed by atoms with Crippen molar-refractivity contribution in [3.8, 4) is 5.75 Å². The van der Waals surface area contributed by atoms with Crippen LogP contribution < -0.4 is 15.4 Å². The molecule has 3 aromatic carbocycles. The molecule has 4 amide bonds. The zero-order valence-electron chi connectivity index (χ0n) is 30.0. The van der Waals surface area contributed by atoms with Gasteiger partial charge in [-0.2, -0.15) is 0 Å². The van der Waals surface area contributed by atoms with E-state index in [0.29, 0.717) is 42.4 Å². The number of nitrogens with one attached hydrogen (secondary N) is 2. The number of aliphatic hydroxyl groups is 1. The van der Waals surface area contributed by atoms with Crippen LogP contribution in [0.25, 0.3) is 10.8 Å². The van der Waals surface area contributed by atoms with Crippen molar-refractivity contribution in [1.82, 2.24) is 9.80 Å². The van der Waals surface area contributed by atoms with E-state index in [1.165, 1.54) is 6.42 Å². The number of carbonyl (C=O) groups excluding carboxylic acids is 3. The van der Waals surface area contributed by atoms with Gasteiger partial charge in [0.05, 0.1) is 36.1 Å². The van der Waals surface area contributed by atoms with Gasteiger partial charge in [-0.1, -0.05) is 62.6 Å². The molecule has 3 aromatic rings. The van der Waals surface area contributed by atoms with E-state index in [9.17, 15) is 19.5 Å². The second kappa shape index (κ2) is 17.7. The quantitative estimate of drug-likeness (QED) is 0.240. The molecule has 1 heterocycles. The second-order valence-corrected chi connectivity index (χ2v) is 14.2. The van der Waals surface area contributed by atoms with Crippen molar-refractivity contribution >= 4 is 40.0 Å². The summed E-state index contributed by atoms with van der Waals surface area (Å²) in [4.78, 5) is 44.5. The van der Waals surface area contributed by atoms with E-state index in [1.54, 1.807) is 23.1 Å². The van der Waals surface area contributed by atoms with E-state index >= 15 is 0 Å². The fraction of sp³-hybridized carbons (Fsp3) is 0.525. The molecule has 50 heavy (non-hydrogen) atoms. The van der Waals surface area contributed by atoms with E-state index in [0.717, 1.165) is 55.7 Å². The summed E-state index contributed by atoms with van der Waals surface area (Å²) >= 11 is 0. The first-order valence-corrected chi connectivity index (χ1v) is 18.3. The van der Waals surface area contributed by atoms with Crippen molar-refractivity contribution in [3.05, 3.63) is 66.2 Å². The third kappa shape index (κ3) is 9.54. The summed E-state index contributed by atoms with van der Waals surface area (Å²) in [7, 11) is 1.86. The van der Waals surface area contributed by atoms with Gasteiger partial charge < -0.3 is 35.0 Å². The van der Waals surface area contributed by atoms with E-state index in [2.05, 4.69) is 10.6 Å². The molecular weight excluding hydrogens is 632 g/mol. The Balaban J connectivity index is 1.38. The van der Waals surface area contributed by atoms with E-state index in [1.807, 2.05) is 75.2 Å². The van der Waals surface area contributed by atoms with Crippen LogP contribution in [0, 0.1) is 11.8 Å². The molecule has 4 atom stereocenters. The normalized spacial score (nSPS) is 21.7. The number of likely N-dealkylation sites (N-methyl/N-ethyl adjacent to an activating group) is 1. The highest BCUT2D eigenvalue weighted by Gasteiger charge is 2.32. The SMILES string of the molecule is C[C@@H]1CCCCO[C@H](CN(C)C(=O)C2CCCCC2)[C@H](C)CN([C@@H](C)CO)C(=O)c2cc(NC(=O)Nc3cccc4ccccc34)ccc2O1. The number of urea groups is 1. The number of rotatable bonds is 7. The van der Waals surface area contributed by atoms with Gasteiger partial charge in [0, 0.05) is 49.7 Å². The molecule has 10 heteroatoms. The third-order valence-electron chi connectivity index (χ3n) is 10.1. The molecule has 0 saturated heterocycles. The van der Waals surface area contributed by atoms with Crippen LogP contribution in [-0.4, -0.2) is 84.4 Å². The van der Waals surface area contributed by atoms with E-state index in [-0.39, 0.29) is 42.5 Å². The minimum Gasteiger partial charge on any atom is -0.490 e. The lowest BCUT2D eigenvalue weighted by Crippen LogP contribution is -2.48. The second-order valence-electron chi connectivity index (χ2n) is 14.2. The van der Waals surface area contributed by atoms with Gasteiger partial charge in [0.25, 0.3) is 5.91 Å². The zero-order valence-corrected chi connectivity index (χ0v) is 30.0. The van der Waals surface area contributed by atoms with Gasteiger partial charge in [-0.15, -0.1) is 0 Å². The lowest BCUT2D eigenvalue weighted by atomic mass is 9.88. The van der Waals surface area contributed by atoms with Crippen LogP contribution in [0.4, 0.5) is 16.2 Å². The van der Waals surface area contributed by atoms with Gasteiger partial charge >= 0.3 is 6.03 Å². The first-order chi connectivity index (χ1) is 24.1.